The first-order valence-electron chi connectivity index (χ1n) is 9.87. The number of pyridine rings is 1. The van der Waals surface area contributed by atoms with Crippen molar-refractivity contribution < 1.29 is 9.53 Å². The molecule has 2 fully saturated rings. The lowest BCUT2D eigenvalue weighted by Gasteiger charge is -2.35. The van der Waals surface area contributed by atoms with Crippen molar-refractivity contribution in [2.24, 2.45) is 5.92 Å². The number of carbonyl (C=O) groups is 1. The minimum absolute atomic E-state index is 0.159. The topological polar surface area (TPSA) is 45.7 Å². The minimum Gasteiger partial charge on any atom is -0.494 e. The molecule has 4 rings (SSSR count). The van der Waals surface area contributed by atoms with Gasteiger partial charge in [0.15, 0.2) is 0 Å². The zero-order valence-corrected chi connectivity index (χ0v) is 15.9. The van der Waals surface area contributed by atoms with Crippen molar-refractivity contribution >= 4 is 5.91 Å². The molecule has 0 bridgehead atoms. The van der Waals surface area contributed by atoms with Crippen LogP contribution in [0.25, 0.3) is 0 Å². The number of aromatic nitrogens is 1. The average Bonchev–Trinajstić information content (AvgIpc) is 3.51. The Kier molecular flexibility index (Phi) is 5.39. The van der Waals surface area contributed by atoms with Gasteiger partial charge in [-0.1, -0.05) is 18.2 Å². The molecule has 142 valence electrons. The van der Waals surface area contributed by atoms with Crippen molar-refractivity contribution in [3.05, 3.63) is 59.9 Å². The Hall–Kier alpha value is -2.40. The highest BCUT2D eigenvalue weighted by Crippen LogP contribution is 2.48. The molecule has 1 aromatic heterocycles. The van der Waals surface area contributed by atoms with E-state index in [4.69, 9.17) is 4.74 Å². The van der Waals surface area contributed by atoms with E-state index in [1.54, 1.807) is 6.20 Å². The van der Waals surface area contributed by atoms with Gasteiger partial charge in [0.2, 0.25) is 5.91 Å². The van der Waals surface area contributed by atoms with Crippen LogP contribution in [-0.4, -0.2) is 53.5 Å². The van der Waals surface area contributed by atoms with E-state index in [2.05, 4.69) is 33.0 Å². The molecule has 1 aliphatic heterocycles. The third-order valence-electron chi connectivity index (χ3n) is 5.54. The molecule has 1 aliphatic carbocycles. The molecular formula is C22H27N3O2. The SMILES string of the molecule is CCOc1ccc(CN2CCN(C(=O)C3CC3c3cccnc3)CC2)cc1. The highest BCUT2D eigenvalue weighted by atomic mass is 16.5. The molecule has 2 atom stereocenters. The molecule has 5 nitrogen and oxygen atoms in total. The molecule has 2 unspecified atom stereocenters. The van der Waals surface area contributed by atoms with E-state index in [0.717, 1.165) is 44.9 Å². The lowest BCUT2D eigenvalue weighted by Crippen LogP contribution is -2.48. The summed E-state index contributed by atoms with van der Waals surface area (Å²) in [5.41, 5.74) is 2.49. The lowest BCUT2D eigenvalue weighted by atomic mass is 10.1. The Morgan fingerprint density at radius 1 is 1.15 bits per heavy atom. The standard InChI is InChI=1S/C22H27N3O2/c1-2-27-19-7-5-17(6-8-19)16-24-10-12-25(13-11-24)22(26)21-14-20(21)18-4-3-9-23-15-18/h3-9,15,20-21H,2,10-14,16H2,1H3. The van der Waals surface area contributed by atoms with Gasteiger partial charge in [0.25, 0.3) is 0 Å². The zero-order chi connectivity index (χ0) is 18.6. The van der Waals surface area contributed by atoms with E-state index in [9.17, 15) is 4.79 Å². The number of amides is 1. The number of rotatable bonds is 6. The van der Waals surface area contributed by atoms with Gasteiger partial charge in [0.1, 0.15) is 5.75 Å². The predicted octanol–water partition coefficient (Wildman–Crippen LogP) is 2.93. The lowest BCUT2D eigenvalue weighted by molar-refractivity contribution is -0.134. The average molecular weight is 365 g/mol. The van der Waals surface area contributed by atoms with Crippen LogP contribution in [0.5, 0.6) is 5.75 Å². The van der Waals surface area contributed by atoms with Crippen molar-refractivity contribution in [3.63, 3.8) is 0 Å². The number of benzene rings is 1. The van der Waals surface area contributed by atoms with Crippen molar-refractivity contribution in [2.45, 2.75) is 25.8 Å². The fourth-order valence-corrected chi connectivity index (χ4v) is 3.91. The molecule has 5 heteroatoms. The van der Waals surface area contributed by atoms with Crippen molar-refractivity contribution in [3.8, 4) is 5.75 Å². The van der Waals surface area contributed by atoms with Crippen LogP contribution < -0.4 is 4.74 Å². The smallest absolute Gasteiger partial charge is 0.226 e. The minimum atomic E-state index is 0.159. The maximum absolute atomic E-state index is 12.8. The first kappa shape index (κ1) is 18.0. The highest BCUT2D eigenvalue weighted by molar-refractivity contribution is 5.83. The summed E-state index contributed by atoms with van der Waals surface area (Å²) in [6, 6.07) is 12.4. The molecule has 1 saturated heterocycles. The van der Waals surface area contributed by atoms with Gasteiger partial charge in [0, 0.05) is 51.0 Å². The first-order chi connectivity index (χ1) is 13.2. The van der Waals surface area contributed by atoms with Crippen LogP contribution >= 0.6 is 0 Å². The van der Waals surface area contributed by atoms with E-state index in [-0.39, 0.29) is 5.92 Å². The fraction of sp³-hybridized carbons (Fsp3) is 0.455. The maximum atomic E-state index is 12.8. The van der Waals surface area contributed by atoms with Crippen LogP contribution in [0.1, 0.15) is 30.4 Å². The van der Waals surface area contributed by atoms with Crippen LogP contribution in [0.2, 0.25) is 0 Å². The second kappa shape index (κ2) is 8.09. The molecule has 0 spiro atoms. The van der Waals surface area contributed by atoms with Gasteiger partial charge in [-0.15, -0.1) is 0 Å². The number of piperazine rings is 1. The summed E-state index contributed by atoms with van der Waals surface area (Å²) in [5.74, 6) is 1.77. The van der Waals surface area contributed by atoms with Gasteiger partial charge >= 0.3 is 0 Å². The van der Waals surface area contributed by atoms with Crippen LogP contribution in [-0.2, 0) is 11.3 Å². The third-order valence-corrected chi connectivity index (χ3v) is 5.54. The molecule has 1 aromatic carbocycles. The summed E-state index contributed by atoms with van der Waals surface area (Å²) in [7, 11) is 0. The summed E-state index contributed by atoms with van der Waals surface area (Å²) in [6.45, 7) is 7.13. The fourth-order valence-electron chi connectivity index (χ4n) is 3.91. The Bertz CT molecular complexity index is 755. The summed E-state index contributed by atoms with van der Waals surface area (Å²) < 4.78 is 5.50. The van der Waals surface area contributed by atoms with Crippen LogP contribution in [0.15, 0.2) is 48.8 Å². The molecule has 0 N–H and O–H groups in total. The van der Waals surface area contributed by atoms with Gasteiger partial charge in [-0.25, -0.2) is 0 Å². The van der Waals surface area contributed by atoms with E-state index in [1.807, 2.05) is 31.3 Å². The van der Waals surface area contributed by atoms with Gasteiger partial charge in [-0.05, 0) is 48.6 Å². The number of nitrogens with zero attached hydrogens (tertiary/aromatic N) is 3. The second-order valence-corrected chi connectivity index (χ2v) is 7.41. The molecule has 27 heavy (non-hydrogen) atoms. The summed E-state index contributed by atoms with van der Waals surface area (Å²) in [6.07, 6.45) is 4.65. The van der Waals surface area contributed by atoms with E-state index in [1.165, 1.54) is 11.1 Å². The van der Waals surface area contributed by atoms with Crippen molar-refractivity contribution in [2.75, 3.05) is 32.8 Å². The summed E-state index contributed by atoms with van der Waals surface area (Å²) >= 11 is 0. The van der Waals surface area contributed by atoms with E-state index >= 15 is 0 Å². The quantitative estimate of drug-likeness (QED) is 0.790. The molecular weight excluding hydrogens is 338 g/mol. The molecule has 2 aliphatic rings. The van der Waals surface area contributed by atoms with E-state index in [0.29, 0.717) is 18.4 Å². The van der Waals surface area contributed by atoms with Crippen molar-refractivity contribution in [1.29, 1.82) is 0 Å². The van der Waals surface area contributed by atoms with Gasteiger partial charge in [-0.2, -0.15) is 0 Å². The summed E-state index contributed by atoms with van der Waals surface area (Å²) in [5, 5.41) is 0. The maximum Gasteiger partial charge on any atom is 0.226 e. The molecule has 2 aromatic rings. The Labute approximate surface area is 161 Å². The predicted molar refractivity (Wildman–Crippen MR) is 105 cm³/mol. The number of carbonyl (C=O) groups excluding carboxylic acids is 1. The highest BCUT2D eigenvalue weighted by Gasteiger charge is 2.46. The summed E-state index contributed by atoms with van der Waals surface area (Å²) in [4.78, 5) is 21.4. The normalized spacial score (nSPS) is 22.5. The number of hydrogen-bond acceptors (Lipinski definition) is 4. The van der Waals surface area contributed by atoms with Gasteiger partial charge in [-0.3, -0.25) is 14.7 Å². The molecule has 0 radical (unpaired) electrons. The monoisotopic (exact) mass is 365 g/mol. The Morgan fingerprint density at radius 3 is 2.59 bits per heavy atom. The second-order valence-electron chi connectivity index (χ2n) is 7.41. The van der Waals surface area contributed by atoms with Gasteiger partial charge in [0.05, 0.1) is 6.61 Å². The van der Waals surface area contributed by atoms with Crippen LogP contribution in [0.4, 0.5) is 0 Å². The number of hydrogen-bond donors (Lipinski definition) is 0. The third kappa shape index (κ3) is 4.30. The van der Waals surface area contributed by atoms with Gasteiger partial charge < -0.3 is 9.64 Å². The van der Waals surface area contributed by atoms with Crippen LogP contribution in [0, 0.1) is 5.92 Å². The molecule has 1 saturated carbocycles. The Balaban J connectivity index is 1.25. The molecule has 1 amide bonds. The zero-order valence-electron chi connectivity index (χ0n) is 15.9. The first-order valence-corrected chi connectivity index (χ1v) is 9.87. The molecule has 2 heterocycles. The number of ether oxygens (including phenoxy) is 1. The Morgan fingerprint density at radius 2 is 1.93 bits per heavy atom. The van der Waals surface area contributed by atoms with Crippen molar-refractivity contribution in [1.82, 2.24) is 14.8 Å². The van der Waals surface area contributed by atoms with E-state index < -0.39 is 0 Å². The largest absolute Gasteiger partial charge is 0.494 e. The van der Waals surface area contributed by atoms with Crippen LogP contribution in [0.3, 0.4) is 0 Å².